The molecule has 3 nitrogen and oxygen atoms in total. The lowest BCUT2D eigenvalue weighted by Crippen LogP contribution is -2.55. The Hall–Kier alpha value is -0.570. The number of carbonyl (C=O) groups is 1. The number of aliphatic hydroxyl groups excluding tert-OH is 1. The van der Waals surface area contributed by atoms with Gasteiger partial charge in [-0.15, -0.1) is 0 Å². The molecule has 3 heteroatoms. The van der Waals surface area contributed by atoms with Gasteiger partial charge in [-0.25, -0.2) is 0 Å². The van der Waals surface area contributed by atoms with E-state index in [4.69, 9.17) is 0 Å². The van der Waals surface area contributed by atoms with Crippen molar-refractivity contribution in [3.05, 3.63) is 0 Å². The van der Waals surface area contributed by atoms with E-state index in [9.17, 15) is 9.90 Å². The molecule has 3 aliphatic carbocycles. The van der Waals surface area contributed by atoms with Gasteiger partial charge >= 0.3 is 0 Å². The third kappa shape index (κ3) is 2.81. The summed E-state index contributed by atoms with van der Waals surface area (Å²) in [4.78, 5) is 12.3. The molecule has 1 amide bonds. The highest BCUT2D eigenvalue weighted by Crippen LogP contribution is 2.54. The van der Waals surface area contributed by atoms with Crippen molar-refractivity contribution in [1.82, 2.24) is 5.32 Å². The van der Waals surface area contributed by atoms with Crippen LogP contribution < -0.4 is 5.32 Å². The molecule has 3 unspecified atom stereocenters. The van der Waals surface area contributed by atoms with E-state index in [1.54, 1.807) is 0 Å². The maximum Gasteiger partial charge on any atom is 0.223 e. The van der Waals surface area contributed by atoms with Gasteiger partial charge < -0.3 is 10.4 Å². The topological polar surface area (TPSA) is 49.3 Å². The van der Waals surface area contributed by atoms with Crippen molar-refractivity contribution in [1.29, 1.82) is 0 Å². The lowest BCUT2D eigenvalue weighted by molar-refractivity contribution is -0.126. The summed E-state index contributed by atoms with van der Waals surface area (Å²) >= 11 is 0. The van der Waals surface area contributed by atoms with Crippen LogP contribution in [0.3, 0.4) is 0 Å². The molecule has 2 N–H and O–H groups in total. The third-order valence-electron chi connectivity index (χ3n) is 5.65. The fraction of sp³-hybridized carbons (Fsp3) is 0.938. The lowest BCUT2D eigenvalue weighted by atomic mass is 9.76. The molecule has 0 aromatic carbocycles. The van der Waals surface area contributed by atoms with E-state index in [0.717, 1.165) is 25.2 Å². The van der Waals surface area contributed by atoms with Crippen LogP contribution >= 0.6 is 0 Å². The summed E-state index contributed by atoms with van der Waals surface area (Å²) in [5.74, 6) is 2.41. The molecule has 108 valence electrons. The summed E-state index contributed by atoms with van der Waals surface area (Å²) in [7, 11) is 0. The molecule has 3 rings (SSSR count). The standard InChI is InChI=1S/C16H27NO2/c1-16(10-18,12-5-3-2-4-6-12)17-15(19)14-9-13(14)11-7-8-11/h11-14,18H,2-10H2,1H3,(H,17,19). The Morgan fingerprint density at radius 3 is 2.47 bits per heavy atom. The highest BCUT2D eigenvalue weighted by Gasteiger charge is 2.52. The van der Waals surface area contributed by atoms with Crippen molar-refractivity contribution in [3.63, 3.8) is 0 Å². The quantitative estimate of drug-likeness (QED) is 0.802. The average molecular weight is 265 g/mol. The molecule has 19 heavy (non-hydrogen) atoms. The Morgan fingerprint density at radius 1 is 1.21 bits per heavy atom. The molecule has 0 aromatic heterocycles. The first kappa shape index (κ1) is 13.4. The molecule has 3 aliphatic rings. The van der Waals surface area contributed by atoms with Gasteiger partial charge in [0.1, 0.15) is 0 Å². The molecule has 0 aliphatic heterocycles. The molecule has 3 atom stereocenters. The van der Waals surface area contributed by atoms with Crippen LogP contribution in [0.5, 0.6) is 0 Å². The second-order valence-electron chi connectivity index (χ2n) is 7.24. The van der Waals surface area contributed by atoms with Crippen LogP contribution in [0.1, 0.15) is 58.3 Å². The van der Waals surface area contributed by atoms with Gasteiger partial charge in [0.05, 0.1) is 12.1 Å². The third-order valence-corrected chi connectivity index (χ3v) is 5.65. The van der Waals surface area contributed by atoms with Gasteiger partial charge in [0.15, 0.2) is 0 Å². The lowest BCUT2D eigenvalue weighted by Gasteiger charge is -2.39. The minimum absolute atomic E-state index is 0.0736. The van der Waals surface area contributed by atoms with Gasteiger partial charge in [0.25, 0.3) is 0 Å². The number of carbonyl (C=O) groups excluding carboxylic acids is 1. The van der Waals surface area contributed by atoms with E-state index in [0.29, 0.717) is 11.8 Å². The number of rotatable bonds is 5. The van der Waals surface area contributed by atoms with E-state index in [1.807, 2.05) is 6.92 Å². The normalized spacial score (nSPS) is 34.6. The highest BCUT2D eigenvalue weighted by molar-refractivity contribution is 5.82. The molecule has 0 saturated heterocycles. The Labute approximate surface area is 116 Å². The maximum absolute atomic E-state index is 12.3. The van der Waals surface area contributed by atoms with Crippen molar-refractivity contribution in [2.24, 2.45) is 23.7 Å². The van der Waals surface area contributed by atoms with Crippen LogP contribution in [0, 0.1) is 23.7 Å². The van der Waals surface area contributed by atoms with E-state index >= 15 is 0 Å². The summed E-state index contributed by atoms with van der Waals surface area (Å²) in [6, 6.07) is 0. The van der Waals surface area contributed by atoms with Crippen molar-refractivity contribution in [2.45, 2.75) is 63.8 Å². The van der Waals surface area contributed by atoms with Crippen LogP contribution in [0.25, 0.3) is 0 Å². The Kier molecular flexibility index (Phi) is 3.59. The van der Waals surface area contributed by atoms with E-state index < -0.39 is 5.54 Å². The van der Waals surface area contributed by atoms with E-state index in [2.05, 4.69) is 5.32 Å². The first-order valence-corrected chi connectivity index (χ1v) is 8.07. The maximum atomic E-state index is 12.3. The fourth-order valence-electron chi connectivity index (χ4n) is 3.95. The smallest absolute Gasteiger partial charge is 0.223 e. The molecular formula is C16H27NO2. The number of hydrogen-bond acceptors (Lipinski definition) is 2. The van der Waals surface area contributed by atoms with Gasteiger partial charge in [-0.1, -0.05) is 19.3 Å². The largest absolute Gasteiger partial charge is 0.394 e. The zero-order chi connectivity index (χ0) is 13.5. The summed E-state index contributed by atoms with van der Waals surface area (Å²) in [6.07, 6.45) is 9.82. The molecule has 3 saturated carbocycles. The van der Waals surface area contributed by atoms with Crippen LogP contribution in [0.4, 0.5) is 0 Å². The molecule has 3 fully saturated rings. The van der Waals surface area contributed by atoms with E-state index in [-0.39, 0.29) is 18.4 Å². The van der Waals surface area contributed by atoms with Crippen molar-refractivity contribution < 1.29 is 9.90 Å². The molecular weight excluding hydrogens is 238 g/mol. The first-order chi connectivity index (χ1) is 9.14. The average Bonchev–Trinajstić information content (AvgIpc) is 3.30. The van der Waals surface area contributed by atoms with Gasteiger partial charge in [-0.05, 0) is 56.8 Å². The summed E-state index contributed by atoms with van der Waals surface area (Å²) in [6.45, 7) is 2.11. The van der Waals surface area contributed by atoms with Crippen LogP contribution in [0.2, 0.25) is 0 Å². The zero-order valence-electron chi connectivity index (χ0n) is 12.0. The van der Waals surface area contributed by atoms with Gasteiger partial charge in [0, 0.05) is 5.92 Å². The number of aliphatic hydroxyl groups is 1. The molecule has 0 bridgehead atoms. The van der Waals surface area contributed by atoms with Crippen molar-refractivity contribution in [3.8, 4) is 0 Å². The number of amides is 1. The Balaban J connectivity index is 1.57. The second kappa shape index (κ2) is 5.08. The first-order valence-electron chi connectivity index (χ1n) is 8.07. The molecule has 0 aromatic rings. The van der Waals surface area contributed by atoms with Crippen LogP contribution in [0.15, 0.2) is 0 Å². The zero-order valence-corrected chi connectivity index (χ0v) is 12.0. The Morgan fingerprint density at radius 2 is 1.89 bits per heavy atom. The predicted molar refractivity (Wildman–Crippen MR) is 74.5 cm³/mol. The number of hydrogen-bond donors (Lipinski definition) is 2. The molecule has 0 radical (unpaired) electrons. The van der Waals surface area contributed by atoms with Gasteiger partial charge in [-0.2, -0.15) is 0 Å². The summed E-state index contributed by atoms with van der Waals surface area (Å²) in [5, 5.41) is 13.0. The molecule has 0 heterocycles. The predicted octanol–water partition coefficient (Wildman–Crippen LogP) is 2.48. The molecule has 0 spiro atoms. The monoisotopic (exact) mass is 265 g/mol. The fourth-order valence-corrected chi connectivity index (χ4v) is 3.95. The summed E-state index contributed by atoms with van der Waals surface area (Å²) < 4.78 is 0. The highest BCUT2D eigenvalue weighted by atomic mass is 16.3. The second-order valence-corrected chi connectivity index (χ2v) is 7.24. The summed E-state index contributed by atoms with van der Waals surface area (Å²) in [5.41, 5.74) is -0.395. The minimum Gasteiger partial charge on any atom is -0.394 e. The van der Waals surface area contributed by atoms with Crippen LogP contribution in [-0.4, -0.2) is 23.2 Å². The van der Waals surface area contributed by atoms with Crippen LogP contribution in [-0.2, 0) is 4.79 Å². The van der Waals surface area contributed by atoms with Crippen molar-refractivity contribution in [2.75, 3.05) is 6.61 Å². The van der Waals surface area contributed by atoms with Gasteiger partial charge in [-0.3, -0.25) is 4.79 Å². The van der Waals surface area contributed by atoms with Crippen molar-refractivity contribution >= 4 is 5.91 Å². The minimum atomic E-state index is -0.395. The van der Waals surface area contributed by atoms with Gasteiger partial charge in [0.2, 0.25) is 5.91 Å². The Bertz CT molecular complexity index is 347. The number of nitrogens with one attached hydrogen (secondary N) is 1. The SMILES string of the molecule is CC(CO)(NC(=O)C1CC1C1CC1)C1CCCCC1. The van der Waals surface area contributed by atoms with E-state index in [1.165, 1.54) is 32.1 Å².